The number of nitrogens with zero attached hydrogens (tertiary/aromatic N) is 2. The third-order valence-electron chi connectivity index (χ3n) is 8.16. The van der Waals surface area contributed by atoms with Gasteiger partial charge in [0, 0.05) is 62.7 Å². The van der Waals surface area contributed by atoms with Crippen LogP contribution in [0.4, 0.5) is 0 Å². The van der Waals surface area contributed by atoms with Crippen LogP contribution in [0.5, 0.6) is 17.2 Å². The Labute approximate surface area is 264 Å². The van der Waals surface area contributed by atoms with Crippen molar-refractivity contribution in [2.75, 3.05) is 48.0 Å². The van der Waals surface area contributed by atoms with E-state index in [1.807, 2.05) is 84.8 Å². The Morgan fingerprint density at radius 3 is 2.24 bits per heavy atom. The standard InChI is InChI=1S/C35H44N4O6/c1-6-39(30(35(41)42)20-26-22-37-28-15-11-10-14-27(26)28)17-16-36-29(25-12-8-7-9-13-25)21-33(40)38(2)23-24-18-31(43-3)34(45-5)32(19-24)44-4/h7-15,18-19,22,29-30,36-37H,6,16-17,20-21,23H2,1-5H3,(H,41,42)/t29-,30-/m0/s1. The van der Waals surface area contributed by atoms with Crippen molar-refractivity contribution in [3.8, 4) is 17.2 Å². The molecule has 0 radical (unpaired) electrons. The van der Waals surface area contributed by atoms with Gasteiger partial charge in [-0.05, 0) is 41.4 Å². The van der Waals surface area contributed by atoms with Crippen molar-refractivity contribution < 1.29 is 28.9 Å². The zero-order chi connectivity index (χ0) is 32.3. The predicted molar refractivity (Wildman–Crippen MR) is 175 cm³/mol. The number of aromatic nitrogens is 1. The van der Waals surface area contributed by atoms with Crippen molar-refractivity contribution >= 4 is 22.8 Å². The fourth-order valence-electron chi connectivity index (χ4n) is 5.71. The normalized spacial score (nSPS) is 12.6. The van der Waals surface area contributed by atoms with Crippen molar-refractivity contribution in [1.29, 1.82) is 0 Å². The van der Waals surface area contributed by atoms with Gasteiger partial charge >= 0.3 is 5.97 Å². The van der Waals surface area contributed by atoms with Gasteiger partial charge in [-0.2, -0.15) is 0 Å². The lowest BCUT2D eigenvalue weighted by Crippen LogP contribution is -2.46. The minimum Gasteiger partial charge on any atom is -0.493 e. The number of aromatic amines is 1. The number of aliphatic carboxylic acids is 1. The fourth-order valence-corrected chi connectivity index (χ4v) is 5.71. The van der Waals surface area contributed by atoms with Gasteiger partial charge in [-0.3, -0.25) is 14.5 Å². The number of H-pyrrole nitrogens is 1. The second-order valence-corrected chi connectivity index (χ2v) is 11.0. The molecule has 0 aliphatic carbocycles. The molecular weight excluding hydrogens is 572 g/mol. The summed E-state index contributed by atoms with van der Waals surface area (Å²) >= 11 is 0. The number of carbonyl (C=O) groups excluding carboxylic acids is 1. The number of carboxylic acid groups (broad SMARTS) is 1. The molecule has 0 bridgehead atoms. The van der Waals surface area contributed by atoms with Gasteiger partial charge in [0.1, 0.15) is 6.04 Å². The molecule has 240 valence electrons. The number of carboxylic acids is 1. The Morgan fingerprint density at radius 1 is 0.956 bits per heavy atom. The van der Waals surface area contributed by atoms with Crippen LogP contribution in [-0.4, -0.2) is 85.8 Å². The highest BCUT2D eigenvalue weighted by Gasteiger charge is 2.27. The molecule has 0 aliphatic heterocycles. The van der Waals surface area contributed by atoms with Crippen molar-refractivity contribution in [2.24, 2.45) is 0 Å². The summed E-state index contributed by atoms with van der Waals surface area (Å²) in [6.07, 6.45) is 2.52. The number of ether oxygens (including phenoxy) is 3. The molecule has 1 amide bonds. The average molecular weight is 617 g/mol. The van der Waals surface area contributed by atoms with Crippen molar-refractivity contribution in [2.45, 2.75) is 38.4 Å². The van der Waals surface area contributed by atoms with E-state index in [0.29, 0.717) is 49.8 Å². The Hall–Kier alpha value is -4.54. The first-order valence-electron chi connectivity index (χ1n) is 15.1. The van der Waals surface area contributed by atoms with Crippen LogP contribution in [0.2, 0.25) is 0 Å². The quantitative estimate of drug-likeness (QED) is 0.154. The lowest BCUT2D eigenvalue weighted by atomic mass is 10.0. The zero-order valence-electron chi connectivity index (χ0n) is 26.7. The van der Waals surface area contributed by atoms with Gasteiger partial charge in [-0.15, -0.1) is 0 Å². The van der Waals surface area contributed by atoms with E-state index >= 15 is 0 Å². The minimum atomic E-state index is -0.856. The number of hydrogen-bond donors (Lipinski definition) is 3. The first-order valence-corrected chi connectivity index (χ1v) is 15.1. The van der Waals surface area contributed by atoms with E-state index in [1.54, 1.807) is 33.3 Å². The molecule has 3 aromatic carbocycles. The summed E-state index contributed by atoms with van der Waals surface area (Å²) in [5, 5.41) is 14.8. The summed E-state index contributed by atoms with van der Waals surface area (Å²) in [6.45, 7) is 3.92. The maximum Gasteiger partial charge on any atom is 0.321 e. The van der Waals surface area contributed by atoms with Crippen LogP contribution in [0.25, 0.3) is 10.9 Å². The van der Waals surface area contributed by atoms with E-state index < -0.39 is 12.0 Å². The SMILES string of the molecule is CCN(CCN[C@@H](CC(=O)N(C)Cc1cc(OC)c(OC)c(OC)c1)c1ccccc1)[C@@H](Cc1c[nH]c2ccccc12)C(=O)O. The van der Waals surface area contributed by atoms with Crippen LogP contribution in [0.15, 0.2) is 72.9 Å². The first kappa shape index (κ1) is 33.4. The van der Waals surface area contributed by atoms with Crippen molar-refractivity contribution in [1.82, 2.24) is 20.1 Å². The van der Waals surface area contributed by atoms with Crippen LogP contribution < -0.4 is 19.5 Å². The average Bonchev–Trinajstić information content (AvgIpc) is 3.47. The molecule has 4 aromatic rings. The predicted octanol–water partition coefficient (Wildman–Crippen LogP) is 4.89. The number of likely N-dealkylation sites (N-methyl/N-ethyl adjacent to an activating group) is 1. The summed E-state index contributed by atoms with van der Waals surface area (Å²) in [5.41, 5.74) is 3.81. The number of methoxy groups -OCH3 is 3. The molecule has 3 N–H and O–H groups in total. The number of carbonyl (C=O) groups is 2. The van der Waals surface area contributed by atoms with Gasteiger partial charge < -0.3 is 34.5 Å². The summed E-state index contributed by atoms with van der Waals surface area (Å²) in [6, 6.07) is 20.5. The molecule has 10 nitrogen and oxygen atoms in total. The van der Waals surface area contributed by atoms with Crippen LogP contribution >= 0.6 is 0 Å². The van der Waals surface area contributed by atoms with Crippen LogP contribution in [0.1, 0.15) is 36.1 Å². The molecule has 0 saturated heterocycles. The number of para-hydroxylation sites is 1. The summed E-state index contributed by atoms with van der Waals surface area (Å²) in [5.74, 6) is 0.659. The number of fused-ring (bicyclic) bond motifs is 1. The Kier molecular flexibility index (Phi) is 11.8. The van der Waals surface area contributed by atoms with E-state index in [9.17, 15) is 14.7 Å². The van der Waals surface area contributed by atoms with E-state index in [-0.39, 0.29) is 18.4 Å². The number of amides is 1. The van der Waals surface area contributed by atoms with Gasteiger partial charge in [-0.1, -0.05) is 55.5 Å². The molecule has 0 fully saturated rings. The molecule has 4 rings (SSSR count). The van der Waals surface area contributed by atoms with Gasteiger partial charge in [0.25, 0.3) is 0 Å². The highest BCUT2D eigenvalue weighted by Crippen LogP contribution is 2.38. The van der Waals surface area contributed by atoms with Gasteiger partial charge in [0.15, 0.2) is 11.5 Å². The Morgan fingerprint density at radius 2 is 1.62 bits per heavy atom. The van der Waals surface area contributed by atoms with E-state index in [1.165, 1.54) is 0 Å². The first-order chi connectivity index (χ1) is 21.8. The van der Waals surface area contributed by atoms with E-state index in [4.69, 9.17) is 14.2 Å². The molecule has 0 aliphatic rings. The van der Waals surface area contributed by atoms with Crippen LogP contribution in [-0.2, 0) is 22.6 Å². The third-order valence-corrected chi connectivity index (χ3v) is 8.16. The van der Waals surface area contributed by atoms with Crippen LogP contribution in [0, 0.1) is 0 Å². The second kappa shape index (κ2) is 16.0. The van der Waals surface area contributed by atoms with Crippen molar-refractivity contribution in [3.05, 3.63) is 89.6 Å². The van der Waals surface area contributed by atoms with Crippen molar-refractivity contribution in [3.63, 3.8) is 0 Å². The topological polar surface area (TPSA) is 116 Å². The second-order valence-electron chi connectivity index (χ2n) is 11.0. The summed E-state index contributed by atoms with van der Waals surface area (Å²) in [4.78, 5) is 32.8. The lowest BCUT2D eigenvalue weighted by molar-refractivity contribution is -0.143. The highest BCUT2D eigenvalue weighted by molar-refractivity contribution is 5.84. The number of rotatable bonds is 17. The molecule has 0 saturated carbocycles. The highest BCUT2D eigenvalue weighted by atomic mass is 16.5. The molecule has 0 spiro atoms. The summed E-state index contributed by atoms with van der Waals surface area (Å²) < 4.78 is 16.4. The zero-order valence-corrected chi connectivity index (χ0v) is 26.7. The largest absolute Gasteiger partial charge is 0.493 e. The molecule has 2 atom stereocenters. The summed E-state index contributed by atoms with van der Waals surface area (Å²) in [7, 11) is 6.45. The minimum absolute atomic E-state index is 0.0415. The third kappa shape index (κ3) is 8.34. The Bertz CT molecular complexity index is 1530. The van der Waals surface area contributed by atoms with Gasteiger partial charge in [0.05, 0.1) is 21.3 Å². The van der Waals surface area contributed by atoms with Gasteiger partial charge in [0.2, 0.25) is 11.7 Å². The molecule has 45 heavy (non-hydrogen) atoms. The molecular formula is C35H44N4O6. The Balaban J connectivity index is 1.43. The molecule has 0 unspecified atom stereocenters. The molecule has 10 heteroatoms. The fraction of sp³-hybridized carbons (Fsp3) is 0.371. The molecule has 1 aromatic heterocycles. The van der Waals surface area contributed by atoms with Crippen LogP contribution in [0.3, 0.4) is 0 Å². The maximum absolute atomic E-state index is 13.5. The van der Waals surface area contributed by atoms with E-state index in [0.717, 1.165) is 27.6 Å². The molecule has 1 heterocycles. The number of benzene rings is 3. The number of nitrogens with one attached hydrogen (secondary N) is 2. The monoisotopic (exact) mass is 616 g/mol. The van der Waals surface area contributed by atoms with E-state index in [2.05, 4.69) is 10.3 Å². The maximum atomic E-state index is 13.5. The lowest BCUT2D eigenvalue weighted by Gasteiger charge is -2.29. The smallest absolute Gasteiger partial charge is 0.321 e. The number of hydrogen-bond acceptors (Lipinski definition) is 7. The van der Waals surface area contributed by atoms with Gasteiger partial charge in [-0.25, -0.2) is 0 Å².